The Labute approximate surface area is 152 Å². The van der Waals surface area contributed by atoms with Gasteiger partial charge in [0.1, 0.15) is 0 Å². The summed E-state index contributed by atoms with van der Waals surface area (Å²) in [5, 5.41) is 6.65. The average Bonchev–Trinajstić information content (AvgIpc) is 3.20. The number of hydrogen-bond donors (Lipinski definition) is 3. The smallest absolute Gasteiger partial charge is 0.326 e. The normalized spacial score (nSPS) is 10.9. The number of aromatic amines is 1. The van der Waals surface area contributed by atoms with Gasteiger partial charge in [-0.25, -0.2) is 4.79 Å². The third kappa shape index (κ3) is 3.00. The number of H-pyrrole nitrogens is 1. The molecule has 0 spiro atoms. The van der Waals surface area contributed by atoms with Gasteiger partial charge in [0.25, 0.3) is 5.91 Å². The topological polar surface area (TPSA) is 92.9 Å². The highest BCUT2D eigenvalue weighted by atomic mass is 32.1. The first-order valence-electron chi connectivity index (χ1n) is 8.01. The first-order valence-corrected chi connectivity index (χ1v) is 8.95. The minimum absolute atomic E-state index is 0.135. The lowest BCUT2D eigenvalue weighted by Crippen LogP contribution is -2.17. The fourth-order valence-corrected chi connectivity index (χ4v) is 3.56. The summed E-state index contributed by atoms with van der Waals surface area (Å²) in [6.45, 7) is 0.448. The van der Waals surface area contributed by atoms with Gasteiger partial charge in [0.2, 0.25) is 0 Å². The molecule has 4 rings (SSSR count). The third-order valence-corrected chi connectivity index (χ3v) is 4.92. The molecule has 0 saturated heterocycles. The van der Waals surface area contributed by atoms with Crippen molar-refractivity contribution in [2.75, 3.05) is 11.1 Å². The molecule has 0 aliphatic rings. The Bertz CT molecular complexity index is 1140. The Balaban J connectivity index is 1.52. The standard InChI is InChI=1S/C19H16N4O2S/c20-14-3-1-2-4-15(14)21-18(24)13-7-5-12(6-8-13)9-23-17-11-26-10-16(17)22-19(23)25/h1-8,10-11H,9,20H2,(H,21,24)(H,22,25). The number of para-hydroxylation sites is 2. The molecule has 130 valence electrons. The summed E-state index contributed by atoms with van der Waals surface area (Å²) < 4.78 is 1.69. The van der Waals surface area contributed by atoms with Crippen LogP contribution in [0.5, 0.6) is 0 Å². The van der Waals surface area contributed by atoms with Crippen LogP contribution in [0.15, 0.2) is 64.1 Å². The van der Waals surface area contributed by atoms with E-state index in [1.54, 1.807) is 40.2 Å². The highest BCUT2D eigenvalue weighted by molar-refractivity contribution is 7.09. The molecule has 4 N–H and O–H groups in total. The summed E-state index contributed by atoms with van der Waals surface area (Å²) >= 11 is 1.55. The van der Waals surface area contributed by atoms with E-state index in [-0.39, 0.29) is 11.6 Å². The van der Waals surface area contributed by atoms with Gasteiger partial charge in [-0.3, -0.25) is 9.36 Å². The molecule has 0 atom stereocenters. The summed E-state index contributed by atoms with van der Waals surface area (Å²) in [7, 11) is 0. The molecule has 0 radical (unpaired) electrons. The maximum absolute atomic E-state index is 12.4. The molecule has 1 amide bonds. The minimum Gasteiger partial charge on any atom is -0.397 e. The van der Waals surface area contributed by atoms with Gasteiger partial charge in [0, 0.05) is 16.3 Å². The molecule has 2 heterocycles. The number of nitrogens with two attached hydrogens (primary N) is 1. The van der Waals surface area contributed by atoms with E-state index < -0.39 is 0 Å². The second kappa shape index (κ2) is 6.53. The van der Waals surface area contributed by atoms with Crippen LogP contribution < -0.4 is 16.7 Å². The van der Waals surface area contributed by atoms with Crippen LogP contribution in [0.4, 0.5) is 11.4 Å². The summed E-state index contributed by atoms with van der Waals surface area (Å²) in [4.78, 5) is 27.2. The number of hydrogen-bond acceptors (Lipinski definition) is 4. The van der Waals surface area contributed by atoms with E-state index in [2.05, 4.69) is 10.3 Å². The molecule has 26 heavy (non-hydrogen) atoms. The van der Waals surface area contributed by atoms with Gasteiger partial charge in [-0.15, -0.1) is 11.3 Å². The zero-order valence-electron chi connectivity index (χ0n) is 13.7. The molecule has 0 aliphatic heterocycles. The number of rotatable bonds is 4. The molecule has 4 aromatic rings. The van der Waals surface area contributed by atoms with E-state index in [1.807, 2.05) is 35.0 Å². The van der Waals surface area contributed by atoms with Crippen molar-refractivity contribution in [2.45, 2.75) is 6.54 Å². The number of thiophene rings is 1. The number of nitrogens with one attached hydrogen (secondary N) is 2. The number of nitrogen functional groups attached to an aromatic ring is 1. The molecule has 2 aromatic heterocycles. The number of imidazole rings is 1. The van der Waals surface area contributed by atoms with Crippen LogP contribution in [-0.4, -0.2) is 15.5 Å². The summed E-state index contributed by atoms with van der Waals surface area (Å²) in [5.74, 6) is -0.228. The first kappa shape index (κ1) is 16.2. The highest BCUT2D eigenvalue weighted by Crippen LogP contribution is 2.19. The molecule has 2 aromatic carbocycles. The van der Waals surface area contributed by atoms with Crippen molar-refractivity contribution in [3.05, 3.63) is 80.9 Å². The van der Waals surface area contributed by atoms with E-state index in [4.69, 9.17) is 5.73 Å². The van der Waals surface area contributed by atoms with Crippen LogP contribution in [0.25, 0.3) is 11.0 Å². The van der Waals surface area contributed by atoms with Gasteiger partial charge >= 0.3 is 5.69 Å². The Hall–Kier alpha value is -3.32. The highest BCUT2D eigenvalue weighted by Gasteiger charge is 2.10. The van der Waals surface area contributed by atoms with E-state index in [1.165, 1.54) is 0 Å². The van der Waals surface area contributed by atoms with Gasteiger partial charge in [-0.05, 0) is 29.8 Å². The van der Waals surface area contributed by atoms with Gasteiger partial charge in [-0.2, -0.15) is 0 Å². The third-order valence-electron chi connectivity index (χ3n) is 4.18. The van der Waals surface area contributed by atoms with Crippen LogP contribution in [0.3, 0.4) is 0 Å². The van der Waals surface area contributed by atoms with E-state index >= 15 is 0 Å². The molecule has 7 heteroatoms. The maximum Gasteiger partial charge on any atom is 0.326 e. The Morgan fingerprint density at radius 3 is 2.65 bits per heavy atom. The van der Waals surface area contributed by atoms with E-state index in [9.17, 15) is 9.59 Å². The second-order valence-corrected chi connectivity index (χ2v) is 6.67. The summed E-state index contributed by atoms with van der Waals surface area (Å²) in [6, 6.07) is 14.3. The van der Waals surface area contributed by atoms with Gasteiger partial charge in [0.05, 0.1) is 29.0 Å². The Morgan fingerprint density at radius 1 is 1.12 bits per heavy atom. The van der Waals surface area contributed by atoms with Crippen LogP contribution >= 0.6 is 11.3 Å². The zero-order valence-corrected chi connectivity index (χ0v) is 14.5. The first-order chi connectivity index (χ1) is 12.6. The van der Waals surface area contributed by atoms with Crippen molar-refractivity contribution < 1.29 is 4.79 Å². The minimum atomic E-state index is -0.228. The lowest BCUT2D eigenvalue weighted by atomic mass is 10.1. The largest absolute Gasteiger partial charge is 0.397 e. The monoisotopic (exact) mass is 364 g/mol. The Morgan fingerprint density at radius 2 is 1.88 bits per heavy atom. The number of anilines is 2. The molecule has 6 nitrogen and oxygen atoms in total. The average molecular weight is 364 g/mol. The molecular formula is C19H16N4O2S. The summed E-state index contributed by atoms with van der Waals surface area (Å²) in [5.41, 5.74) is 10.0. The predicted molar refractivity (Wildman–Crippen MR) is 105 cm³/mol. The molecule has 0 bridgehead atoms. The fraction of sp³-hybridized carbons (Fsp3) is 0.0526. The van der Waals surface area contributed by atoms with E-state index in [0.717, 1.165) is 16.6 Å². The number of fused-ring (bicyclic) bond motifs is 1. The molecular weight excluding hydrogens is 348 g/mol. The number of nitrogens with zero attached hydrogens (tertiary/aromatic N) is 1. The number of amides is 1. The zero-order chi connectivity index (χ0) is 18.1. The second-order valence-electron chi connectivity index (χ2n) is 5.93. The maximum atomic E-state index is 12.4. The SMILES string of the molecule is Nc1ccccc1NC(=O)c1ccc(Cn2c(=O)[nH]c3cscc32)cc1. The molecule has 0 saturated carbocycles. The number of carbonyl (C=O) groups is 1. The summed E-state index contributed by atoms with van der Waals surface area (Å²) in [6.07, 6.45) is 0. The van der Waals surface area contributed by atoms with Crippen molar-refractivity contribution in [1.82, 2.24) is 9.55 Å². The van der Waals surface area contributed by atoms with Crippen LogP contribution in [0, 0.1) is 0 Å². The van der Waals surface area contributed by atoms with Gasteiger partial charge in [-0.1, -0.05) is 24.3 Å². The van der Waals surface area contributed by atoms with Gasteiger partial charge < -0.3 is 16.0 Å². The fourth-order valence-electron chi connectivity index (χ4n) is 2.79. The molecule has 0 fully saturated rings. The van der Waals surface area contributed by atoms with Crippen molar-refractivity contribution in [1.29, 1.82) is 0 Å². The number of aromatic nitrogens is 2. The molecule has 0 unspecified atom stereocenters. The lowest BCUT2D eigenvalue weighted by Gasteiger charge is -2.08. The van der Waals surface area contributed by atoms with Crippen molar-refractivity contribution in [2.24, 2.45) is 0 Å². The van der Waals surface area contributed by atoms with Gasteiger partial charge in [0.15, 0.2) is 0 Å². The van der Waals surface area contributed by atoms with Crippen LogP contribution in [0.2, 0.25) is 0 Å². The van der Waals surface area contributed by atoms with E-state index in [0.29, 0.717) is 23.5 Å². The predicted octanol–water partition coefficient (Wildman–Crippen LogP) is 3.27. The quantitative estimate of drug-likeness (QED) is 0.485. The Kier molecular flexibility index (Phi) is 4.06. The molecule has 0 aliphatic carbocycles. The van der Waals surface area contributed by atoms with Crippen LogP contribution in [-0.2, 0) is 6.54 Å². The van der Waals surface area contributed by atoms with Crippen LogP contribution in [0.1, 0.15) is 15.9 Å². The van der Waals surface area contributed by atoms with Crippen molar-refractivity contribution in [3.63, 3.8) is 0 Å². The lowest BCUT2D eigenvalue weighted by molar-refractivity contribution is 0.102. The number of benzene rings is 2. The van der Waals surface area contributed by atoms with Crippen molar-refractivity contribution in [3.8, 4) is 0 Å². The number of carbonyl (C=O) groups excluding carboxylic acids is 1. The van der Waals surface area contributed by atoms with Crippen molar-refractivity contribution >= 4 is 39.7 Å².